The molecule has 0 bridgehead atoms. The summed E-state index contributed by atoms with van der Waals surface area (Å²) in [4.78, 5) is 8.16. The molecule has 2 rings (SSSR count). The van der Waals surface area contributed by atoms with Gasteiger partial charge in [0.2, 0.25) is 0 Å². The minimum Gasteiger partial charge on any atom is -0.243 e. The molecule has 0 atom stereocenters. The zero-order chi connectivity index (χ0) is 8.55. The zero-order valence-corrected chi connectivity index (χ0v) is 7.56. The summed E-state index contributed by atoms with van der Waals surface area (Å²) in [5, 5.41) is 2.07. The molecule has 0 saturated carbocycles. The van der Waals surface area contributed by atoms with Crippen molar-refractivity contribution in [2.45, 2.75) is 6.92 Å². The van der Waals surface area contributed by atoms with Crippen LogP contribution in [0.2, 0.25) is 0 Å². The zero-order valence-electron chi connectivity index (χ0n) is 6.74. The van der Waals surface area contributed by atoms with E-state index < -0.39 is 0 Å². The van der Waals surface area contributed by atoms with Crippen molar-refractivity contribution >= 4 is 27.1 Å². The van der Waals surface area contributed by atoms with Crippen molar-refractivity contribution in [1.82, 2.24) is 9.97 Å². The standard InChI is InChI=1S/C9H8N2S/c1-6(2)7-4-12-8-3-10-5-11-9(7)8/h3-5H,1H2,2H3. The number of hydrogen-bond acceptors (Lipinski definition) is 3. The van der Waals surface area contributed by atoms with E-state index in [1.165, 1.54) is 0 Å². The summed E-state index contributed by atoms with van der Waals surface area (Å²) in [6.07, 6.45) is 3.40. The van der Waals surface area contributed by atoms with E-state index >= 15 is 0 Å². The summed E-state index contributed by atoms with van der Waals surface area (Å²) in [5.74, 6) is 0. The van der Waals surface area contributed by atoms with E-state index in [9.17, 15) is 0 Å². The molecule has 0 aliphatic carbocycles. The van der Waals surface area contributed by atoms with Gasteiger partial charge >= 0.3 is 0 Å². The summed E-state index contributed by atoms with van der Waals surface area (Å²) in [5.41, 5.74) is 3.21. The Labute approximate surface area is 74.6 Å². The molecule has 0 aromatic carbocycles. The smallest absolute Gasteiger partial charge is 0.116 e. The third kappa shape index (κ3) is 1.02. The van der Waals surface area contributed by atoms with Crippen LogP contribution in [0, 0.1) is 0 Å². The van der Waals surface area contributed by atoms with Crippen molar-refractivity contribution in [2.24, 2.45) is 0 Å². The highest BCUT2D eigenvalue weighted by Gasteiger charge is 2.04. The van der Waals surface area contributed by atoms with Crippen LogP contribution in [0.3, 0.4) is 0 Å². The van der Waals surface area contributed by atoms with Gasteiger partial charge in [-0.25, -0.2) is 9.97 Å². The van der Waals surface area contributed by atoms with Gasteiger partial charge in [-0.2, -0.15) is 0 Å². The van der Waals surface area contributed by atoms with Crippen LogP contribution in [0.15, 0.2) is 24.5 Å². The highest BCUT2D eigenvalue weighted by atomic mass is 32.1. The first kappa shape index (κ1) is 7.43. The van der Waals surface area contributed by atoms with Crippen molar-refractivity contribution < 1.29 is 0 Å². The van der Waals surface area contributed by atoms with Crippen LogP contribution in [-0.2, 0) is 0 Å². The van der Waals surface area contributed by atoms with Crippen LogP contribution >= 0.6 is 11.3 Å². The Balaban J connectivity index is 2.79. The van der Waals surface area contributed by atoms with Gasteiger partial charge in [0.05, 0.1) is 10.2 Å². The van der Waals surface area contributed by atoms with Gasteiger partial charge in [-0.3, -0.25) is 0 Å². The maximum atomic E-state index is 4.20. The lowest BCUT2D eigenvalue weighted by atomic mass is 10.2. The van der Waals surface area contributed by atoms with Gasteiger partial charge < -0.3 is 0 Å². The molecule has 0 N–H and O–H groups in total. The molecule has 2 aromatic heterocycles. The average molecular weight is 176 g/mol. The topological polar surface area (TPSA) is 25.8 Å². The van der Waals surface area contributed by atoms with Crippen molar-refractivity contribution in [2.75, 3.05) is 0 Å². The van der Waals surface area contributed by atoms with Gasteiger partial charge in [0, 0.05) is 17.1 Å². The third-order valence-electron chi connectivity index (χ3n) is 1.70. The van der Waals surface area contributed by atoms with Crippen LogP contribution in [-0.4, -0.2) is 9.97 Å². The fourth-order valence-corrected chi connectivity index (χ4v) is 2.04. The molecule has 0 spiro atoms. The van der Waals surface area contributed by atoms with Crippen molar-refractivity contribution in [3.8, 4) is 0 Å². The molecule has 3 heteroatoms. The molecular weight excluding hydrogens is 168 g/mol. The molecule has 60 valence electrons. The molecule has 12 heavy (non-hydrogen) atoms. The number of hydrogen-bond donors (Lipinski definition) is 0. The third-order valence-corrected chi connectivity index (χ3v) is 2.60. The number of fused-ring (bicyclic) bond motifs is 1. The molecule has 2 heterocycles. The Morgan fingerprint density at radius 3 is 3.17 bits per heavy atom. The Hall–Kier alpha value is -1.22. The fraction of sp³-hybridized carbons (Fsp3) is 0.111. The summed E-state index contributed by atoms with van der Waals surface area (Å²) < 4.78 is 1.12. The monoisotopic (exact) mass is 176 g/mol. The summed E-state index contributed by atoms with van der Waals surface area (Å²) >= 11 is 1.66. The van der Waals surface area contributed by atoms with E-state index in [0.29, 0.717) is 0 Å². The SMILES string of the molecule is C=C(C)c1csc2cncnc12. The normalized spacial score (nSPS) is 10.4. The Bertz CT molecular complexity index is 431. The second-order valence-electron chi connectivity index (χ2n) is 2.67. The quantitative estimate of drug-likeness (QED) is 0.667. The van der Waals surface area contributed by atoms with Crippen LogP contribution in [0.25, 0.3) is 15.8 Å². The van der Waals surface area contributed by atoms with Crippen LogP contribution in [0.4, 0.5) is 0 Å². The molecule has 0 aliphatic heterocycles. The molecule has 2 nitrogen and oxygen atoms in total. The molecular formula is C9H8N2S. The summed E-state index contributed by atoms with van der Waals surface area (Å²) in [6.45, 7) is 5.88. The van der Waals surface area contributed by atoms with E-state index in [-0.39, 0.29) is 0 Å². The number of rotatable bonds is 1. The van der Waals surface area contributed by atoms with Crippen molar-refractivity contribution in [3.63, 3.8) is 0 Å². The lowest BCUT2D eigenvalue weighted by molar-refractivity contribution is 1.23. The molecule has 0 unspecified atom stereocenters. The van der Waals surface area contributed by atoms with Crippen molar-refractivity contribution in [1.29, 1.82) is 0 Å². The molecule has 0 aliphatic rings. The van der Waals surface area contributed by atoms with E-state index in [1.54, 1.807) is 17.7 Å². The predicted molar refractivity (Wildman–Crippen MR) is 52.1 cm³/mol. The second kappa shape index (κ2) is 2.68. The first-order valence-corrected chi connectivity index (χ1v) is 4.50. The van der Waals surface area contributed by atoms with Crippen LogP contribution in [0.5, 0.6) is 0 Å². The van der Waals surface area contributed by atoms with Gasteiger partial charge in [0.1, 0.15) is 6.33 Å². The van der Waals surface area contributed by atoms with E-state index in [0.717, 1.165) is 21.4 Å². The van der Waals surface area contributed by atoms with Crippen molar-refractivity contribution in [3.05, 3.63) is 30.0 Å². The predicted octanol–water partition coefficient (Wildman–Crippen LogP) is 2.72. The van der Waals surface area contributed by atoms with Gasteiger partial charge in [0.25, 0.3) is 0 Å². The number of aromatic nitrogens is 2. The molecule has 2 aromatic rings. The molecule has 0 radical (unpaired) electrons. The average Bonchev–Trinajstić information content (AvgIpc) is 2.47. The molecule has 0 fully saturated rings. The van der Waals surface area contributed by atoms with Crippen LogP contribution < -0.4 is 0 Å². The molecule has 0 saturated heterocycles. The van der Waals surface area contributed by atoms with E-state index in [4.69, 9.17) is 0 Å². The minimum atomic E-state index is 1.02. The Kier molecular flexibility index (Phi) is 1.66. The second-order valence-corrected chi connectivity index (χ2v) is 3.58. The summed E-state index contributed by atoms with van der Waals surface area (Å²) in [6, 6.07) is 0. The number of allylic oxidation sites excluding steroid dienone is 1. The highest BCUT2D eigenvalue weighted by molar-refractivity contribution is 7.17. The maximum absolute atomic E-state index is 4.20. The van der Waals surface area contributed by atoms with Gasteiger partial charge in [0.15, 0.2) is 0 Å². The van der Waals surface area contributed by atoms with Gasteiger partial charge in [-0.1, -0.05) is 6.58 Å². The lowest BCUT2D eigenvalue weighted by Gasteiger charge is -1.93. The largest absolute Gasteiger partial charge is 0.243 e. The Morgan fingerprint density at radius 2 is 2.42 bits per heavy atom. The highest BCUT2D eigenvalue weighted by Crippen LogP contribution is 2.27. The molecule has 0 amide bonds. The minimum absolute atomic E-state index is 1.02. The lowest BCUT2D eigenvalue weighted by Crippen LogP contribution is -1.79. The fourth-order valence-electron chi connectivity index (χ4n) is 1.09. The first-order chi connectivity index (χ1) is 5.79. The Morgan fingerprint density at radius 1 is 1.58 bits per heavy atom. The van der Waals surface area contributed by atoms with E-state index in [1.807, 2.05) is 13.1 Å². The van der Waals surface area contributed by atoms with Gasteiger partial charge in [-0.05, 0) is 12.5 Å². The first-order valence-electron chi connectivity index (χ1n) is 3.62. The van der Waals surface area contributed by atoms with Crippen LogP contribution in [0.1, 0.15) is 12.5 Å². The van der Waals surface area contributed by atoms with E-state index in [2.05, 4.69) is 21.9 Å². The number of thiophene rings is 1. The number of nitrogens with zero attached hydrogens (tertiary/aromatic N) is 2. The van der Waals surface area contributed by atoms with Gasteiger partial charge in [-0.15, -0.1) is 11.3 Å². The summed E-state index contributed by atoms with van der Waals surface area (Å²) in [7, 11) is 0. The maximum Gasteiger partial charge on any atom is 0.116 e.